The summed E-state index contributed by atoms with van der Waals surface area (Å²) in [4.78, 5) is 14.1. The van der Waals surface area contributed by atoms with Gasteiger partial charge in [0.15, 0.2) is 0 Å². The number of nitrogens with one attached hydrogen (secondary N) is 1. The van der Waals surface area contributed by atoms with Crippen molar-refractivity contribution < 1.29 is 18.3 Å². The van der Waals surface area contributed by atoms with Gasteiger partial charge in [-0.1, -0.05) is 0 Å². The van der Waals surface area contributed by atoms with Crippen LogP contribution in [0.25, 0.3) is 0 Å². The Morgan fingerprint density at radius 3 is 2.62 bits per heavy atom. The molecule has 116 valence electrons. The minimum atomic E-state index is -2.85. The third-order valence-electron chi connectivity index (χ3n) is 3.60. The molecule has 1 aromatic rings. The zero-order valence-electron chi connectivity index (χ0n) is 12.2. The number of benzene rings is 1. The quantitative estimate of drug-likeness (QED) is 0.933. The lowest BCUT2D eigenvalue weighted by Gasteiger charge is -2.25. The normalized spacial score (nSPS) is 17.0. The van der Waals surface area contributed by atoms with E-state index in [1.165, 1.54) is 6.07 Å². The van der Waals surface area contributed by atoms with Crippen molar-refractivity contribution in [3.63, 3.8) is 0 Å². The highest BCUT2D eigenvalue weighted by Gasteiger charge is 2.17. The van der Waals surface area contributed by atoms with E-state index in [4.69, 9.17) is 0 Å². The number of hydrogen-bond donors (Lipinski definition) is 1. The van der Waals surface area contributed by atoms with E-state index in [9.17, 15) is 13.6 Å². The molecule has 6 heteroatoms. The SMILES string of the molecule is CC(C)N1CCC(=O)Nc2ccc(OC(F)F)cc2CC1. The van der Waals surface area contributed by atoms with Crippen LogP contribution in [0.1, 0.15) is 25.8 Å². The zero-order valence-corrected chi connectivity index (χ0v) is 12.2. The van der Waals surface area contributed by atoms with Crippen LogP contribution in [0.2, 0.25) is 0 Å². The molecule has 0 spiro atoms. The summed E-state index contributed by atoms with van der Waals surface area (Å²) in [5.74, 6) is 0.0553. The molecule has 1 aromatic carbocycles. The minimum absolute atomic E-state index is 0.0636. The Morgan fingerprint density at radius 1 is 1.24 bits per heavy atom. The molecule has 0 saturated heterocycles. The number of amides is 1. The summed E-state index contributed by atoms with van der Waals surface area (Å²) in [6, 6.07) is 4.98. The van der Waals surface area contributed by atoms with E-state index in [1.807, 2.05) is 0 Å². The fraction of sp³-hybridized carbons (Fsp3) is 0.533. The molecule has 0 aliphatic carbocycles. The lowest BCUT2D eigenvalue weighted by atomic mass is 10.1. The highest BCUT2D eigenvalue weighted by Crippen LogP contribution is 2.25. The number of carbonyl (C=O) groups is 1. The van der Waals surface area contributed by atoms with Gasteiger partial charge in [-0.15, -0.1) is 0 Å². The summed E-state index contributed by atoms with van der Waals surface area (Å²) in [6.07, 6.45) is 1.10. The van der Waals surface area contributed by atoms with Crippen LogP contribution < -0.4 is 10.1 Å². The fourth-order valence-electron chi connectivity index (χ4n) is 2.43. The maximum absolute atomic E-state index is 12.3. The van der Waals surface area contributed by atoms with Gasteiger partial charge in [0.1, 0.15) is 5.75 Å². The number of fused-ring (bicyclic) bond motifs is 1. The number of carbonyl (C=O) groups excluding carboxylic acids is 1. The molecule has 21 heavy (non-hydrogen) atoms. The monoisotopic (exact) mass is 298 g/mol. The van der Waals surface area contributed by atoms with Crippen molar-refractivity contribution in [2.45, 2.75) is 39.3 Å². The molecule has 1 aliphatic heterocycles. The molecule has 1 amide bonds. The summed E-state index contributed by atoms with van der Waals surface area (Å²) in [6.45, 7) is 2.77. The number of anilines is 1. The highest BCUT2D eigenvalue weighted by atomic mass is 19.3. The van der Waals surface area contributed by atoms with Gasteiger partial charge in [0.05, 0.1) is 0 Å². The second-order valence-corrected chi connectivity index (χ2v) is 5.38. The Morgan fingerprint density at radius 2 is 1.95 bits per heavy atom. The first-order chi connectivity index (χ1) is 9.95. The lowest BCUT2D eigenvalue weighted by Crippen LogP contribution is -2.34. The summed E-state index contributed by atoms with van der Waals surface area (Å²) < 4.78 is 29.0. The van der Waals surface area contributed by atoms with E-state index in [0.29, 0.717) is 31.1 Å². The number of hydrogen-bond acceptors (Lipinski definition) is 3. The van der Waals surface area contributed by atoms with E-state index >= 15 is 0 Å². The Labute approximate surface area is 123 Å². The molecule has 0 aromatic heterocycles. The van der Waals surface area contributed by atoms with Crippen LogP contribution in [-0.2, 0) is 11.2 Å². The van der Waals surface area contributed by atoms with Crippen molar-refractivity contribution in [2.24, 2.45) is 0 Å². The first kappa shape index (κ1) is 15.7. The van der Waals surface area contributed by atoms with Crippen LogP contribution in [0.5, 0.6) is 5.75 Å². The van der Waals surface area contributed by atoms with Gasteiger partial charge >= 0.3 is 6.61 Å². The summed E-state index contributed by atoms with van der Waals surface area (Å²) in [5, 5.41) is 2.83. The van der Waals surface area contributed by atoms with Crippen LogP contribution >= 0.6 is 0 Å². The van der Waals surface area contributed by atoms with Crippen LogP contribution in [0.4, 0.5) is 14.5 Å². The molecule has 4 nitrogen and oxygen atoms in total. The molecule has 0 saturated carbocycles. The average molecular weight is 298 g/mol. The van der Waals surface area contributed by atoms with Gasteiger partial charge in [-0.3, -0.25) is 4.79 Å². The summed E-state index contributed by atoms with van der Waals surface area (Å²) in [5.41, 5.74) is 1.49. The van der Waals surface area contributed by atoms with E-state index in [0.717, 1.165) is 12.1 Å². The van der Waals surface area contributed by atoms with Crippen molar-refractivity contribution >= 4 is 11.6 Å². The second kappa shape index (κ2) is 6.85. The highest BCUT2D eigenvalue weighted by molar-refractivity contribution is 5.91. The summed E-state index contributed by atoms with van der Waals surface area (Å²) in [7, 11) is 0. The van der Waals surface area contributed by atoms with Gasteiger partial charge in [0.2, 0.25) is 5.91 Å². The Kier molecular flexibility index (Phi) is 5.12. The minimum Gasteiger partial charge on any atom is -0.435 e. The van der Waals surface area contributed by atoms with Crippen molar-refractivity contribution in [3.8, 4) is 5.75 Å². The molecule has 1 heterocycles. The van der Waals surface area contributed by atoms with E-state index < -0.39 is 6.61 Å². The molecule has 1 aliphatic rings. The number of ether oxygens (including phenoxy) is 1. The fourth-order valence-corrected chi connectivity index (χ4v) is 2.43. The van der Waals surface area contributed by atoms with E-state index in [-0.39, 0.29) is 11.7 Å². The van der Waals surface area contributed by atoms with Gasteiger partial charge < -0.3 is 15.0 Å². The van der Waals surface area contributed by atoms with Gasteiger partial charge in [0, 0.05) is 31.2 Å². The standard InChI is InChI=1S/C15H20F2N2O2/c1-10(2)19-7-5-11-9-12(21-15(16)17)3-4-13(11)18-14(20)6-8-19/h3-4,9-10,15H,5-8H2,1-2H3,(H,18,20). The van der Waals surface area contributed by atoms with Crippen molar-refractivity contribution in [1.29, 1.82) is 0 Å². The van der Waals surface area contributed by atoms with Crippen LogP contribution in [0.15, 0.2) is 18.2 Å². The van der Waals surface area contributed by atoms with Crippen molar-refractivity contribution in [3.05, 3.63) is 23.8 Å². The largest absolute Gasteiger partial charge is 0.435 e. The van der Waals surface area contributed by atoms with Crippen LogP contribution in [0.3, 0.4) is 0 Å². The molecule has 0 fully saturated rings. The molecule has 0 bridgehead atoms. The Balaban J connectivity index is 2.24. The van der Waals surface area contributed by atoms with E-state index in [1.54, 1.807) is 12.1 Å². The molecule has 0 atom stereocenters. The van der Waals surface area contributed by atoms with Crippen molar-refractivity contribution in [1.82, 2.24) is 4.90 Å². The van der Waals surface area contributed by atoms with Gasteiger partial charge in [-0.2, -0.15) is 8.78 Å². The molecule has 1 N–H and O–H groups in total. The molecule has 0 unspecified atom stereocenters. The molecule has 0 radical (unpaired) electrons. The first-order valence-electron chi connectivity index (χ1n) is 7.07. The van der Waals surface area contributed by atoms with E-state index in [2.05, 4.69) is 28.8 Å². The number of alkyl halides is 2. The lowest BCUT2D eigenvalue weighted by molar-refractivity contribution is -0.116. The second-order valence-electron chi connectivity index (χ2n) is 5.38. The van der Waals surface area contributed by atoms with Crippen LogP contribution in [-0.4, -0.2) is 36.5 Å². The third kappa shape index (κ3) is 4.39. The number of rotatable bonds is 3. The zero-order chi connectivity index (χ0) is 15.4. The third-order valence-corrected chi connectivity index (χ3v) is 3.60. The van der Waals surface area contributed by atoms with Crippen molar-refractivity contribution in [2.75, 3.05) is 18.4 Å². The topological polar surface area (TPSA) is 41.6 Å². The summed E-state index contributed by atoms with van der Waals surface area (Å²) >= 11 is 0. The Hall–Kier alpha value is -1.69. The molecular weight excluding hydrogens is 278 g/mol. The Bertz CT molecular complexity index is 506. The number of halogens is 2. The average Bonchev–Trinajstić information content (AvgIpc) is 2.47. The predicted octanol–water partition coefficient (Wildman–Crippen LogP) is 2.88. The predicted molar refractivity (Wildman–Crippen MR) is 76.7 cm³/mol. The first-order valence-corrected chi connectivity index (χ1v) is 7.07. The smallest absolute Gasteiger partial charge is 0.387 e. The van der Waals surface area contributed by atoms with Gasteiger partial charge in [0.25, 0.3) is 0 Å². The maximum Gasteiger partial charge on any atom is 0.387 e. The van der Waals surface area contributed by atoms with Gasteiger partial charge in [-0.25, -0.2) is 0 Å². The van der Waals surface area contributed by atoms with Crippen LogP contribution in [0, 0.1) is 0 Å². The maximum atomic E-state index is 12.3. The van der Waals surface area contributed by atoms with Gasteiger partial charge in [-0.05, 0) is 44.0 Å². The molecule has 2 rings (SSSR count). The number of nitrogens with zero attached hydrogens (tertiary/aromatic N) is 1. The molecular formula is C15H20F2N2O2.